The Bertz CT molecular complexity index is 956. The van der Waals surface area contributed by atoms with Crippen LogP contribution in [0.5, 0.6) is 5.75 Å². The minimum Gasteiger partial charge on any atom is -0.479 e. The van der Waals surface area contributed by atoms with Gasteiger partial charge in [0.25, 0.3) is 15.9 Å². The third kappa shape index (κ3) is 3.59. The lowest BCUT2D eigenvalue weighted by Gasteiger charge is -2.23. The molecule has 1 aliphatic rings. The molecule has 1 heterocycles. The molecule has 10 heteroatoms. The Morgan fingerprint density at radius 3 is 2.38 bits per heavy atom. The molecule has 0 saturated heterocycles. The molecule has 1 atom stereocenters. The number of hydrogen-bond donors (Lipinski definition) is 2. The number of sulfonamides is 1. The van der Waals surface area contributed by atoms with Crippen molar-refractivity contribution in [3.63, 3.8) is 0 Å². The van der Waals surface area contributed by atoms with Crippen LogP contribution in [0.1, 0.15) is 12.5 Å². The molecule has 26 heavy (non-hydrogen) atoms. The zero-order chi connectivity index (χ0) is 19.1. The topological polar surface area (TPSA) is 84.5 Å². The molecule has 1 amide bonds. The van der Waals surface area contributed by atoms with Gasteiger partial charge in [0.05, 0.1) is 21.8 Å². The lowest BCUT2D eigenvalue weighted by molar-refractivity contribution is -0.137. The Labute approximate surface area is 147 Å². The average Bonchev–Trinajstić information content (AvgIpc) is 2.55. The second-order valence-electron chi connectivity index (χ2n) is 5.59. The summed E-state index contributed by atoms with van der Waals surface area (Å²) in [7, 11) is -4.10. The predicted octanol–water partition coefficient (Wildman–Crippen LogP) is 3.23. The van der Waals surface area contributed by atoms with Gasteiger partial charge in [0.2, 0.25) is 0 Å². The SMILES string of the molecule is CC1Oc2ccc(NS(=O)(=O)c3ccc(C(F)(F)F)cc3)cc2NC1=O. The minimum absolute atomic E-state index is 0.127. The number of rotatable bonds is 3. The number of nitrogens with one attached hydrogen (secondary N) is 2. The van der Waals surface area contributed by atoms with Crippen LogP contribution >= 0.6 is 0 Å². The third-order valence-corrected chi connectivity index (χ3v) is 5.05. The first-order chi connectivity index (χ1) is 12.1. The lowest BCUT2D eigenvalue weighted by Crippen LogP contribution is -2.34. The standard InChI is InChI=1S/C16H13F3N2O4S/c1-9-15(22)20-13-8-11(4-7-14(13)25-9)21-26(23,24)12-5-2-10(3-6-12)16(17,18)19/h2-9,21H,1H3,(H,20,22). The second kappa shape index (κ2) is 6.20. The van der Waals surface area contributed by atoms with E-state index in [4.69, 9.17) is 4.74 Å². The van der Waals surface area contributed by atoms with Gasteiger partial charge in [0.15, 0.2) is 6.10 Å². The summed E-state index contributed by atoms with van der Waals surface area (Å²) in [6.45, 7) is 1.57. The van der Waals surface area contributed by atoms with Crippen molar-refractivity contribution < 1.29 is 31.1 Å². The van der Waals surface area contributed by atoms with Crippen LogP contribution in [0.15, 0.2) is 47.4 Å². The maximum atomic E-state index is 12.6. The summed E-state index contributed by atoms with van der Waals surface area (Å²) in [6, 6.07) is 7.39. The lowest BCUT2D eigenvalue weighted by atomic mass is 10.2. The van der Waals surface area contributed by atoms with Gasteiger partial charge in [-0.15, -0.1) is 0 Å². The maximum absolute atomic E-state index is 12.6. The van der Waals surface area contributed by atoms with Crippen molar-refractivity contribution in [1.82, 2.24) is 0 Å². The summed E-state index contributed by atoms with van der Waals surface area (Å²) < 4.78 is 70.0. The second-order valence-corrected chi connectivity index (χ2v) is 7.27. The van der Waals surface area contributed by atoms with Gasteiger partial charge < -0.3 is 10.1 Å². The van der Waals surface area contributed by atoms with Gasteiger partial charge in [0.1, 0.15) is 5.75 Å². The van der Waals surface area contributed by atoms with Crippen LogP contribution < -0.4 is 14.8 Å². The van der Waals surface area contributed by atoms with Crippen LogP contribution in [0, 0.1) is 0 Å². The quantitative estimate of drug-likeness (QED) is 0.848. The number of halogens is 3. The van der Waals surface area contributed by atoms with Crippen molar-refractivity contribution in [2.24, 2.45) is 0 Å². The molecule has 0 saturated carbocycles. The average molecular weight is 386 g/mol. The molecule has 0 radical (unpaired) electrons. The van der Waals surface area contributed by atoms with Crippen molar-refractivity contribution in [2.45, 2.75) is 24.1 Å². The summed E-state index contributed by atoms with van der Waals surface area (Å²) in [6.07, 6.45) is -5.22. The Kier molecular flexibility index (Phi) is 4.31. The molecule has 0 fully saturated rings. The zero-order valence-corrected chi connectivity index (χ0v) is 14.1. The van der Waals surface area contributed by atoms with Crippen LogP contribution in [0.4, 0.5) is 24.5 Å². The Balaban J connectivity index is 1.84. The molecule has 138 valence electrons. The third-order valence-electron chi connectivity index (χ3n) is 3.65. The molecule has 6 nitrogen and oxygen atoms in total. The van der Waals surface area contributed by atoms with Crippen LogP contribution in [-0.4, -0.2) is 20.4 Å². The predicted molar refractivity (Wildman–Crippen MR) is 87.4 cm³/mol. The monoisotopic (exact) mass is 386 g/mol. The summed E-state index contributed by atoms with van der Waals surface area (Å²) >= 11 is 0. The Hall–Kier alpha value is -2.75. The first kappa shape index (κ1) is 18.1. The van der Waals surface area contributed by atoms with E-state index in [-0.39, 0.29) is 16.5 Å². The van der Waals surface area contributed by atoms with Gasteiger partial charge in [-0.25, -0.2) is 8.42 Å². The molecular formula is C16H13F3N2O4S. The van der Waals surface area contributed by atoms with Crippen LogP contribution in [0.3, 0.4) is 0 Å². The molecule has 0 aromatic heterocycles. The Morgan fingerprint density at radius 1 is 1.12 bits per heavy atom. The molecular weight excluding hydrogens is 373 g/mol. The summed E-state index contributed by atoms with van der Waals surface area (Å²) in [4.78, 5) is 11.3. The van der Waals surface area contributed by atoms with Crippen molar-refractivity contribution in [2.75, 3.05) is 10.0 Å². The number of alkyl halides is 3. The van der Waals surface area contributed by atoms with Gasteiger partial charge in [-0.3, -0.25) is 9.52 Å². The van der Waals surface area contributed by atoms with E-state index < -0.39 is 27.9 Å². The van der Waals surface area contributed by atoms with Gasteiger partial charge >= 0.3 is 6.18 Å². The van der Waals surface area contributed by atoms with Gasteiger partial charge in [-0.05, 0) is 49.4 Å². The summed E-state index contributed by atoms with van der Waals surface area (Å²) in [5.74, 6) is 0.00910. The van der Waals surface area contributed by atoms with E-state index in [0.717, 1.165) is 12.1 Å². The van der Waals surface area contributed by atoms with E-state index in [2.05, 4.69) is 10.0 Å². The summed E-state index contributed by atoms with van der Waals surface area (Å²) in [5.41, 5.74) is -0.526. The number of fused-ring (bicyclic) bond motifs is 1. The molecule has 2 aromatic carbocycles. The smallest absolute Gasteiger partial charge is 0.416 e. The Morgan fingerprint density at radius 2 is 1.77 bits per heavy atom. The number of amides is 1. The highest BCUT2D eigenvalue weighted by atomic mass is 32.2. The van der Waals surface area contributed by atoms with Crippen LogP contribution in [0.25, 0.3) is 0 Å². The fourth-order valence-corrected chi connectivity index (χ4v) is 3.36. The van der Waals surface area contributed by atoms with Crippen molar-refractivity contribution in [3.05, 3.63) is 48.0 Å². The minimum atomic E-state index is -4.55. The van der Waals surface area contributed by atoms with E-state index in [1.165, 1.54) is 18.2 Å². The molecule has 2 N–H and O–H groups in total. The molecule has 1 aliphatic heterocycles. The van der Waals surface area contributed by atoms with E-state index in [0.29, 0.717) is 23.6 Å². The number of benzene rings is 2. The van der Waals surface area contributed by atoms with Crippen LogP contribution in [0.2, 0.25) is 0 Å². The van der Waals surface area contributed by atoms with E-state index in [1.54, 1.807) is 6.92 Å². The molecule has 0 spiro atoms. The van der Waals surface area contributed by atoms with Crippen molar-refractivity contribution >= 4 is 27.3 Å². The molecule has 1 unspecified atom stereocenters. The highest BCUT2D eigenvalue weighted by molar-refractivity contribution is 7.92. The normalized spacial score (nSPS) is 17.1. The molecule has 0 aliphatic carbocycles. The molecule has 3 rings (SSSR count). The van der Waals surface area contributed by atoms with E-state index >= 15 is 0 Å². The zero-order valence-electron chi connectivity index (χ0n) is 13.3. The van der Waals surface area contributed by atoms with Gasteiger partial charge in [0, 0.05) is 0 Å². The number of carbonyl (C=O) groups is 1. The van der Waals surface area contributed by atoms with E-state index in [1.807, 2.05) is 0 Å². The highest BCUT2D eigenvalue weighted by Crippen LogP contribution is 2.33. The number of hydrogen-bond acceptors (Lipinski definition) is 4. The number of ether oxygens (including phenoxy) is 1. The number of carbonyl (C=O) groups excluding carboxylic acids is 1. The van der Waals surface area contributed by atoms with Gasteiger partial charge in [-0.2, -0.15) is 13.2 Å². The first-order valence-corrected chi connectivity index (χ1v) is 8.86. The van der Waals surface area contributed by atoms with E-state index in [9.17, 15) is 26.4 Å². The highest BCUT2D eigenvalue weighted by Gasteiger charge is 2.30. The number of anilines is 2. The first-order valence-electron chi connectivity index (χ1n) is 7.38. The fraction of sp³-hybridized carbons (Fsp3) is 0.188. The molecule has 0 bridgehead atoms. The van der Waals surface area contributed by atoms with Gasteiger partial charge in [-0.1, -0.05) is 0 Å². The van der Waals surface area contributed by atoms with Crippen molar-refractivity contribution in [1.29, 1.82) is 0 Å². The summed E-state index contributed by atoms with van der Waals surface area (Å²) in [5, 5.41) is 2.58. The molecule has 2 aromatic rings. The fourth-order valence-electron chi connectivity index (χ4n) is 2.31. The maximum Gasteiger partial charge on any atom is 0.416 e. The largest absolute Gasteiger partial charge is 0.479 e. The van der Waals surface area contributed by atoms with Crippen LogP contribution in [-0.2, 0) is 21.0 Å². The van der Waals surface area contributed by atoms with Crippen molar-refractivity contribution in [3.8, 4) is 5.75 Å².